The maximum Gasteiger partial charge on any atom is 0.214 e. The molecule has 1 saturated heterocycles. The Hall–Kier alpha value is -3.29. The number of fused-ring (bicyclic) bond motifs is 1. The Morgan fingerprint density at radius 2 is 1.93 bits per heavy atom. The second-order valence-electron chi connectivity index (χ2n) is 7.38. The fourth-order valence-electron chi connectivity index (χ4n) is 3.58. The highest BCUT2D eigenvalue weighted by atomic mass is 16.5. The summed E-state index contributed by atoms with van der Waals surface area (Å²) in [6, 6.07) is 6.51. The van der Waals surface area contributed by atoms with E-state index in [-0.39, 0.29) is 6.10 Å². The highest BCUT2D eigenvalue weighted by Gasteiger charge is 2.29. The molecule has 0 unspecified atom stereocenters. The predicted octanol–water partition coefficient (Wildman–Crippen LogP) is 2.27. The summed E-state index contributed by atoms with van der Waals surface area (Å²) in [5.41, 5.74) is 4.26. The molecule has 5 heterocycles. The Morgan fingerprint density at radius 1 is 1.11 bits per heavy atom. The van der Waals surface area contributed by atoms with Gasteiger partial charge in [0.1, 0.15) is 18.5 Å². The van der Waals surface area contributed by atoms with Crippen molar-refractivity contribution in [2.45, 2.75) is 32.5 Å². The highest BCUT2D eigenvalue weighted by molar-refractivity contribution is 6.15. The third-order valence-electron chi connectivity index (χ3n) is 5.04. The first-order valence-corrected chi connectivity index (χ1v) is 9.43. The van der Waals surface area contributed by atoms with Crippen molar-refractivity contribution in [2.24, 2.45) is 4.99 Å². The van der Waals surface area contributed by atoms with Crippen LogP contribution in [-0.4, -0.2) is 49.6 Å². The summed E-state index contributed by atoms with van der Waals surface area (Å²) >= 11 is 0. The first-order valence-electron chi connectivity index (χ1n) is 9.43. The molecule has 0 N–H and O–H groups in total. The van der Waals surface area contributed by atoms with Crippen molar-refractivity contribution >= 4 is 11.5 Å². The summed E-state index contributed by atoms with van der Waals surface area (Å²) in [4.78, 5) is 15.9. The molecular formula is C20H21N7O. The normalized spacial score (nSPS) is 16.1. The number of ether oxygens (including phenoxy) is 1. The number of aliphatic imine (C=N–C) groups is 1. The predicted molar refractivity (Wildman–Crippen MR) is 105 cm³/mol. The van der Waals surface area contributed by atoms with Crippen molar-refractivity contribution in [1.29, 1.82) is 0 Å². The summed E-state index contributed by atoms with van der Waals surface area (Å²) in [7, 11) is 0. The molecule has 0 atom stereocenters. The average Bonchev–Trinajstić information content (AvgIpc) is 3.30. The summed E-state index contributed by atoms with van der Waals surface area (Å²) in [5, 5.41) is 7.77. The zero-order valence-corrected chi connectivity index (χ0v) is 15.9. The molecule has 1 fully saturated rings. The van der Waals surface area contributed by atoms with Crippen LogP contribution >= 0.6 is 0 Å². The molecule has 0 amide bonds. The van der Waals surface area contributed by atoms with Crippen LogP contribution in [0.3, 0.4) is 0 Å². The first-order chi connectivity index (χ1) is 13.7. The standard InChI is InChI=1S/C20H21N7O/c1-13(2)28-19-6-17-15(7-22-19)8-23-20(17)14-3-4-21-18(5-14)26-9-16(10-26)27-11-24-25-12-27/h3-7,11-13,16H,8-10H2,1-2H3. The van der Waals surface area contributed by atoms with Crippen molar-refractivity contribution in [3.63, 3.8) is 0 Å². The largest absolute Gasteiger partial charge is 0.475 e. The lowest BCUT2D eigenvalue weighted by atomic mass is 10.0. The van der Waals surface area contributed by atoms with E-state index < -0.39 is 0 Å². The molecule has 8 nitrogen and oxygen atoms in total. The smallest absolute Gasteiger partial charge is 0.214 e. The number of rotatable bonds is 5. The molecule has 8 heteroatoms. The molecule has 2 aliphatic rings. The van der Waals surface area contributed by atoms with Gasteiger partial charge >= 0.3 is 0 Å². The summed E-state index contributed by atoms with van der Waals surface area (Å²) < 4.78 is 7.80. The Bertz CT molecular complexity index is 1020. The van der Waals surface area contributed by atoms with Crippen LogP contribution in [0.25, 0.3) is 0 Å². The van der Waals surface area contributed by atoms with E-state index in [0.717, 1.165) is 41.3 Å². The molecule has 2 aliphatic heterocycles. The molecule has 0 aliphatic carbocycles. The summed E-state index contributed by atoms with van der Waals surface area (Å²) in [6.07, 6.45) is 7.33. The quantitative estimate of drug-likeness (QED) is 0.680. The van der Waals surface area contributed by atoms with Gasteiger partial charge in [-0.2, -0.15) is 0 Å². The Morgan fingerprint density at radius 3 is 2.71 bits per heavy atom. The minimum atomic E-state index is 0.0879. The second-order valence-corrected chi connectivity index (χ2v) is 7.38. The lowest BCUT2D eigenvalue weighted by molar-refractivity contribution is 0.232. The maximum absolute atomic E-state index is 5.76. The molecule has 3 aromatic rings. The van der Waals surface area contributed by atoms with Crippen LogP contribution in [0.1, 0.15) is 36.6 Å². The van der Waals surface area contributed by atoms with Crippen molar-refractivity contribution in [2.75, 3.05) is 18.0 Å². The summed E-state index contributed by atoms with van der Waals surface area (Å²) in [6.45, 7) is 6.44. The second kappa shape index (κ2) is 6.70. The van der Waals surface area contributed by atoms with E-state index in [1.165, 1.54) is 0 Å². The van der Waals surface area contributed by atoms with Gasteiger partial charge in [-0.15, -0.1) is 10.2 Å². The monoisotopic (exact) mass is 375 g/mol. The lowest BCUT2D eigenvalue weighted by Gasteiger charge is -2.40. The van der Waals surface area contributed by atoms with Crippen LogP contribution in [0.15, 0.2) is 48.2 Å². The number of hydrogen-bond donors (Lipinski definition) is 0. The van der Waals surface area contributed by atoms with Crippen molar-refractivity contribution in [1.82, 2.24) is 24.7 Å². The minimum absolute atomic E-state index is 0.0879. The van der Waals surface area contributed by atoms with Crippen molar-refractivity contribution < 1.29 is 4.74 Å². The van der Waals surface area contributed by atoms with Crippen LogP contribution in [0.4, 0.5) is 5.82 Å². The van der Waals surface area contributed by atoms with Crippen molar-refractivity contribution in [3.05, 3.63) is 59.9 Å². The van der Waals surface area contributed by atoms with Crippen LogP contribution in [0.5, 0.6) is 5.88 Å². The minimum Gasteiger partial charge on any atom is -0.475 e. The van der Waals surface area contributed by atoms with Gasteiger partial charge in [-0.25, -0.2) is 9.97 Å². The van der Waals surface area contributed by atoms with Crippen LogP contribution < -0.4 is 9.64 Å². The third-order valence-corrected chi connectivity index (χ3v) is 5.04. The van der Waals surface area contributed by atoms with Gasteiger partial charge in [0.15, 0.2) is 0 Å². The highest BCUT2D eigenvalue weighted by Crippen LogP contribution is 2.29. The van der Waals surface area contributed by atoms with Gasteiger partial charge in [0.2, 0.25) is 5.88 Å². The number of pyridine rings is 2. The van der Waals surface area contributed by atoms with Crippen molar-refractivity contribution in [3.8, 4) is 5.88 Å². The molecule has 28 heavy (non-hydrogen) atoms. The van der Waals surface area contributed by atoms with Gasteiger partial charge in [-0.3, -0.25) is 4.99 Å². The van der Waals surface area contributed by atoms with E-state index in [9.17, 15) is 0 Å². The maximum atomic E-state index is 5.76. The van der Waals surface area contributed by atoms with E-state index in [0.29, 0.717) is 18.5 Å². The van der Waals surface area contributed by atoms with E-state index in [4.69, 9.17) is 9.73 Å². The van der Waals surface area contributed by atoms with E-state index >= 15 is 0 Å². The average molecular weight is 375 g/mol. The zero-order valence-electron chi connectivity index (χ0n) is 15.9. The van der Waals surface area contributed by atoms with Gasteiger partial charge in [0.05, 0.1) is 24.4 Å². The van der Waals surface area contributed by atoms with E-state index in [2.05, 4.69) is 31.1 Å². The number of nitrogens with zero attached hydrogens (tertiary/aromatic N) is 7. The molecule has 0 aromatic carbocycles. The molecule has 5 rings (SSSR count). The first kappa shape index (κ1) is 16.9. The van der Waals surface area contributed by atoms with Crippen LogP contribution in [0.2, 0.25) is 0 Å². The molecule has 142 valence electrons. The zero-order chi connectivity index (χ0) is 19.1. The lowest BCUT2D eigenvalue weighted by Crippen LogP contribution is -2.48. The fourth-order valence-corrected chi connectivity index (χ4v) is 3.58. The molecule has 3 aromatic heterocycles. The van der Waals surface area contributed by atoms with Crippen LogP contribution in [0, 0.1) is 0 Å². The van der Waals surface area contributed by atoms with Gasteiger partial charge in [-0.1, -0.05) is 0 Å². The number of aromatic nitrogens is 5. The topological polar surface area (TPSA) is 81.3 Å². The number of anilines is 1. The Labute approximate surface area is 162 Å². The van der Waals surface area contributed by atoms with E-state index in [1.54, 1.807) is 12.7 Å². The van der Waals surface area contributed by atoms with Gasteiger partial charge < -0.3 is 14.2 Å². The Kier molecular flexibility index (Phi) is 4.03. The van der Waals surface area contributed by atoms with E-state index in [1.807, 2.05) is 42.9 Å². The summed E-state index contributed by atoms with van der Waals surface area (Å²) in [5.74, 6) is 1.60. The third kappa shape index (κ3) is 3.00. The molecule has 0 radical (unpaired) electrons. The molecule has 0 bridgehead atoms. The molecular weight excluding hydrogens is 354 g/mol. The van der Waals surface area contributed by atoms with Gasteiger partial charge in [0, 0.05) is 48.2 Å². The molecule has 0 saturated carbocycles. The number of hydrogen-bond acceptors (Lipinski definition) is 7. The SMILES string of the molecule is CC(C)Oc1cc2c(cn1)CN=C2c1ccnc(N2CC(n3cnnc3)C2)c1. The van der Waals surface area contributed by atoms with Crippen LogP contribution in [-0.2, 0) is 6.54 Å². The Balaban J connectivity index is 1.37. The van der Waals surface area contributed by atoms with Gasteiger partial charge in [-0.05, 0) is 26.0 Å². The molecule has 0 spiro atoms. The van der Waals surface area contributed by atoms with Gasteiger partial charge in [0.25, 0.3) is 0 Å². The fraction of sp³-hybridized carbons (Fsp3) is 0.350.